The largest absolute Gasteiger partial charge is 0.378 e. The fraction of sp³-hybridized carbons (Fsp3) is 0.900. The molecule has 3 nitrogen and oxygen atoms in total. The smallest absolute Gasteiger partial charge is 0.137 e. The topological polar surface area (TPSA) is 52.3 Å². The molecule has 2 N–H and O–H groups in total. The van der Waals surface area contributed by atoms with Crippen LogP contribution in [-0.4, -0.2) is 25.0 Å². The average Bonchev–Trinajstić information content (AvgIpc) is 2.65. The third-order valence-electron chi connectivity index (χ3n) is 2.64. The lowest BCUT2D eigenvalue weighted by molar-refractivity contribution is -0.122. The van der Waals surface area contributed by atoms with Gasteiger partial charge >= 0.3 is 0 Å². The van der Waals surface area contributed by atoms with E-state index in [4.69, 9.17) is 10.5 Å². The van der Waals surface area contributed by atoms with Gasteiger partial charge in [0.2, 0.25) is 0 Å². The van der Waals surface area contributed by atoms with Crippen molar-refractivity contribution in [3.8, 4) is 0 Å². The molecule has 1 fully saturated rings. The highest BCUT2D eigenvalue weighted by Gasteiger charge is 2.18. The summed E-state index contributed by atoms with van der Waals surface area (Å²) < 4.78 is 5.43. The van der Waals surface area contributed by atoms with Crippen LogP contribution in [0.25, 0.3) is 0 Å². The quantitative estimate of drug-likeness (QED) is 0.698. The molecule has 2 unspecified atom stereocenters. The van der Waals surface area contributed by atoms with Gasteiger partial charge in [-0.1, -0.05) is 6.92 Å². The van der Waals surface area contributed by atoms with Crippen LogP contribution < -0.4 is 5.73 Å². The lowest BCUT2D eigenvalue weighted by atomic mass is 10.00. The molecule has 0 saturated carbocycles. The van der Waals surface area contributed by atoms with Crippen molar-refractivity contribution in [2.45, 2.75) is 38.7 Å². The van der Waals surface area contributed by atoms with Crippen molar-refractivity contribution in [2.24, 2.45) is 11.7 Å². The van der Waals surface area contributed by atoms with E-state index in [0.717, 1.165) is 25.9 Å². The van der Waals surface area contributed by atoms with E-state index in [2.05, 4.69) is 0 Å². The number of ether oxygens (including phenoxy) is 1. The molecule has 1 aliphatic rings. The third kappa shape index (κ3) is 3.44. The van der Waals surface area contributed by atoms with E-state index >= 15 is 0 Å². The molecule has 0 amide bonds. The first kappa shape index (κ1) is 10.7. The molecule has 1 rings (SSSR count). The number of nitrogens with two attached hydrogens (primary N) is 1. The van der Waals surface area contributed by atoms with Gasteiger partial charge in [-0.15, -0.1) is 0 Å². The zero-order valence-corrected chi connectivity index (χ0v) is 8.29. The van der Waals surface area contributed by atoms with Crippen molar-refractivity contribution in [2.75, 3.05) is 13.2 Å². The maximum Gasteiger partial charge on any atom is 0.137 e. The summed E-state index contributed by atoms with van der Waals surface area (Å²) in [5.41, 5.74) is 5.40. The number of carbonyl (C=O) groups is 1. The van der Waals surface area contributed by atoms with E-state index in [0.29, 0.717) is 19.1 Å². The maximum atomic E-state index is 11.4. The van der Waals surface area contributed by atoms with E-state index < -0.39 is 0 Å². The second kappa shape index (κ2) is 5.35. The van der Waals surface area contributed by atoms with E-state index in [-0.39, 0.29) is 11.7 Å². The monoisotopic (exact) mass is 185 g/mol. The van der Waals surface area contributed by atoms with Gasteiger partial charge in [-0.05, 0) is 19.3 Å². The van der Waals surface area contributed by atoms with Crippen LogP contribution in [0.1, 0.15) is 32.6 Å². The van der Waals surface area contributed by atoms with Crippen molar-refractivity contribution >= 4 is 5.78 Å². The Kier molecular flexibility index (Phi) is 4.39. The first-order valence-corrected chi connectivity index (χ1v) is 5.08. The summed E-state index contributed by atoms with van der Waals surface area (Å²) in [4.78, 5) is 11.4. The summed E-state index contributed by atoms with van der Waals surface area (Å²) in [6.45, 7) is 3.22. The Bertz CT molecular complexity index is 164. The maximum absolute atomic E-state index is 11.4. The lowest BCUT2D eigenvalue weighted by Gasteiger charge is -2.10. The van der Waals surface area contributed by atoms with E-state index in [1.165, 1.54) is 0 Å². The molecule has 0 aromatic rings. The van der Waals surface area contributed by atoms with Gasteiger partial charge in [-0.2, -0.15) is 0 Å². The second-order valence-corrected chi connectivity index (χ2v) is 3.78. The number of ketones is 1. The van der Waals surface area contributed by atoms with Gasteiger partial charge in [0.15, 0.2) is 0 Å². The summed E-state index contributed by atoms with van der Waals surface area (Å²) in [5, 5.41) is 0. The van der Waals surface area contributed by atoms with Crippen LogP contribution in [0.3, 0.4) is 0 Å². The Morgan fingerprint density at radius 1 is 1.69 bits per heavy atom. The molecule has 0 bridgehead atoms. The van der Waals surface area contributed by atoms with Gasteiger partial charge in [-0.3, -0.25) is 4.79 Å². The zero-order valence-electron chi connectivity index (χ0n) is 8.29. The zero-order chi connectivity index (χ0) is 9.68. The fourth-order valence-corrected chi connectivity index (χ4v) is 1.55. The number of rotatable bonds is 5. The molecule has 76 valence electrons. The minimum Gasteiger partial charge on any atom is -0.378 e. The van der Waals surface area contributed by atoms with Crippen LogP contribution in [-0.2, 0) is 9.53 Å². The van der Waals surface area contributed by atoms with Crippen molar-refractivity contribution in [3.05, 3.63) is 0 Å². The average molecular weight is 185 g/mol. The summed E-state index contributed by atoms with van der Waals surface area (Å²) in [5.74, 6) is 0.291. The molecule has 13 heavy (non-hydrogen) atoms. The molecule has 0 spiro atoms. The van der Waals surface area contributed by atoms with Crippen LogP contribution in [0.4, 0.5) is 0 Å². The summed E-state index contributed by atoms with van der Waals surface area (Å²) in [7, 11) is 0. The summed E-state index contributed by atoms with van der Waals surface area (Å²) >= 11 is 0. The van der Waals surface area contributed by atoms with Gasteiger partial charge < -0.3 is 10.5 Å². The Morgan fingerprint density at radius 2 is 2.46 bits per heavy atom. The lowest BCUT2D eigenvalue weighted by Crippen LogP contribution is -2.21. The summed E-state index contributed by atoms with van der Waals surface area (Å²) in [6.07, 6.45) is 4.09. The van der Waals surface area contributed by atoms with Gasteiger partial charge in [0, 0.05) is 25.5 Å². The highest BCUT2D eigenvalue weighted by Crippen LogP contribution is 2.17. The highest BCUT2D eigenvalue weighted by atomic mass is 16.5. The standard InChI is InChI=1S/C10H19NO2/c1-8(7-11)10(12)5-4-9-3-2-6-13-9/h8-9H,2-7,11H2,1H3. The van der Waals surface area contributed by atoms with E-state index in [1.54, 1.807) is 0 Å². The third-order valence-corrected chi connectivity index (χ3v) is 2.64. The van der Waals surface area contributed by atoms with Gasteiger partial charge in [0.25, 0.3) is 0 Å². The Morgan fingerprint density at radius 3 is 3.00 bits per heavy atom. The number of hydrogen-bond acceptors (Lipinski definition) is 3. The van der Waals surface area contributed by atoms with Crippen LogP contribution in [0.2, 0.25) is 0 Å². The molecular formula is C10H19NO2. The molecule has 1 heterocycles. The van der Waals surface area contributed by atoms with Crippen LogP contribution >= 0.6 is 0 Å². The number of carbonyl (C=O) groups excluding carboxylic acids is 1. The fourth-order valence-electron chi connectivity index (χ4n) is 1.55. The second-order valence-electron chi connectivity index (χ2n) is 3.78. The molecule has 0 aliphatic carbocycles. The Labute approximate surface area is 79.6 Å². The number of Topliss-reactive ketones (excluding diaryl/α,β-unsaturated/α-hetero) is 1. The molecule has 0 aromatic carbocycles. The molecule has 0 radical (unpaired) electrons. The Balaban J connectivity index is 2.13. The van der Waals surface area contributed by atoms with Crippen LogP contribution in [0.5, 0.6) is 0 Å². The van der Waals surface area contributed by atoms with Crippen LogP contribution in [0.15, 0.2) is 0 Å². The minimum atomic E-state index is 0.0152. The molecule has 2 atom stereocenters. The molecule has 1 aliphatic heterocycles. The van der Waals surface area contributed by atoms with Gasteiger partial charge in [0.05, 0.1) is 6.10 Å². The minimum absolute atomic E-state index is 0.0152. The molecule has 0 aromatic heterocycles. The number of hydrogen-bond donors (Lipinski definition) is 1. The Hall–Kier alpha value is -0.410. The predicted molar refractivity (Wildman–Crippen MR) is 51.4 cm³/mol. The van der Waals surface area contributed by atoms with Crippen molar-refractivity contribution < 1.29 is 9.53 Å². The molecule has 1 saturated heterocycles. The first-order valence-electron chi connectivity index (χ1n) is 5.08. The summed E-state index contributed by atoms with van der Waals surface area (Å²) in [6, 6.07) is 0. The van der Waals surface area contributed by atoms with E-state index in [9.17, 15) is 4.79 Å². The normalized spacial score (nSPS) is 24.6. The molecule has 3 heteroatoms. The van der Waals surface area contributed by atoms with Gasteiger partial charge in [0.1, 0.15) is 5.78 Å². The first-order chi connectivity index (χ1) is 6.24. The predicted octanol–water partition coefficient (Wildman–Crippen LogP) is 1.11. The van der Waals surface area contributed by atoms with E-state index in [1.807, 2.05) is 6.92 Å². The van der Waals surface area contributed by atoms with Crippen molar-refractivity contribution in [1.29, 1.82) is 0 Å². The van der Waals surface area contributed by atoms with Crippen molar-refractivity contribution in [3.63, 3.8) is 0 Å². The molecular weight excluding hydrogens is 166 g/mol. The van der Waals surface area contributed by atoms with Crippen molar-refractivity contribution in [1.82, 2.24) is 0 Å². The van der Waals surface area contributed by atoms with Gasteiger partial charge in [-0.25, -0.2) is 0 Å². The van der Waals surface area contributed by atoms with Crippen LogP contribution in [0, 0.1) is 5.92 Å². The highest BCUT2D eigenvalue weighted by molar-refractivity contribution is 5.80. The SMILES string of the molecule is CC(CN)C(=O)CCC1CCCO1.